The van der Waals surface area contributed by atoms with Crippen LogP contribution in [0.15, 0.2) is 48.5 Å². The van der Waals surface area contributed by atoms with Gasteiger partial charge >= 0.3 is 0 Å². The lowest BCUT2D eigenvalue weighted by atomic mass is 9.38. The van der Waals surface area contributed by atoms with Crippen LogP contribution >= 0.6 is 0 Å². The highest BCUT2D eigenvalue weighted by atomic mass is 19.1. The van der Waals surface area contributed by atoms with Gasteiger partial charge in [0.15, 0.2) is 0 Å². The fraction of sp³-hybridized carbons (Fsp3) is 0.333. The highest BCUT2D eigenvalue weighted by Crippen LogP contribution is 2.08. The fourth-order valence-electron chi connectivity index (χ4n) is 2.69. The molecule has 0 amide bonds. The molecule has 0 bridgehead atoms. The Morgan fingerprint density at radius 3 is 1.62 bits per heavy atom. The average molecular weight is 286 g/mol. The van der Waals surface area contributed by atoms with Crippen molar-refractivity contribution >= 4 is 17.6 Å². The molecule has 0 spiro atoms. The van der Waals surface area contributed by atoms with Crippen molar-refractivity contribution in [3.63, 3.8) is 0 Å². The molecule has 0 aliphatic heterocycles. The van der Waals surface area contributed by atoms with Crippen molar-refractivity contribution in [2.45, 2.75) is 38.9 Å². The Kier molecular flexibility index (Phi) is 5.97. The molecular weight excluding hydrogens is 265 g/mol. The van der Waals surface area contributed by atoms with Crippen LogP contribution in [0, 0.1) is 11.6 Å². The van der Waals surface area contributed by atoms with Gasteiger partial charge in [-0.15, -0.1) is 0 Å². The van der Waals surface area contributed by atoms with E-state index in [1.54, 1.807) is 0 Å². The topological polar surface area (TPSA) is 0 Å². The molecular formula is C18H21BF2. The van der Waals surface area contributed by atoms with Gasteiger partial charge in [0.25, 0.3) is 0 Å². The third kappa shape index (κ3) is 4.70. The minimum Gasteiger partial charge on any atom is -0.207 e. The maximum Gasteiger partial charge on any atom is 0.209 e. The van der Waals surface area contributed by atoms with Crippen LogP contribution in [0.2, 0.25) is 6.32 Å². The number of unbranched alkanes of at least 4 members (excludes halogenated alkanes) is 3. The van der Waals surface area contributed by atoms with E-state index in [-0.39, 0.29) is 18.3 Å². The lowest BCUT2D eigenvalue weighted by Gasteiger charge is -2.15. The van der Waals surface area contributed by atoms with E-state index < -0.39 is 0 Å². The first kappa shape index (κ1) is 15.7. The smallest absolute Gasteiger partial charge is 0.207 e. The predicted molar refractivity (Wildman–Crippen MR) is 86.8 cm³/mol. The molecule has 0 aliphatic rings. The highest BCUT2D eigenvalue weighted by Gasteiger charge is 2.18. The van der Waals surface area contributed by atoms with E-state index in [0.717, 1.165) is 23.7 Å². The summed E-state index contributed by atoms with van der Waals surface area (Å²) in [7, 11) is 0. The van der Waals surface area contributed by atoms with Gasteiger partial charge in [0.2, 0.25) is 6.71 Å². The first-order chi connectivity index (χ1) is 10.2. The summed E-state index contributed by atoms with van der Waals surface area (Å²) in [6, 6.07) is 13.3. The molecule has 2 aromatic carbocycles. The molecule has 0 nitrogen and oxygen atoms in total. The van der Waals surface area contributed by atoms with Crippen LogP contribution in [0.4, 0.5) is 8.78 Å². The van der Waals surface area contributed by atoms with Gasteiger partial charge in [-0.2, -0.15) is 0 Å². The van der Waals surface area contributed by atoms with Gasteiger partial charge in [-0.1, -0.05) is 74.1 Å². The SMILES string of the molecule is CCCCCCB(c1ccc(F)cc1)c1ccc(F)cc1. The predicted octanol–water partition coefficient (Wildman–Crippen LogP) is 4.15. The largest absolute Gasteiger partial charge is 0.209 e. The molecule has 21 heavy (non-hydrogen) atoms. The maximum atomic E-state index is 13.1. The first-order valence-corrected chi connectivity index (χ1v) is 7.71. The van der Waals surface area contributed by atoms with Gasteiger partial charge in [-0.25, -0.2) is 8.78 Å². The molecule has 0 fully saturated rings. The Labute approximate surface area is 126 Å². The van der Waals surface area contributed by atoms with Crippen LogP contribution in [-0.4, -0.2) is 6.71 Å². The average Bonchev–Trinajstić information content (AvgIpc) is 2.50. The lowest BCUT2D eigenvalue weighted by Crippen LogP contribution is -2.41. The number of benzene rings is 2. The summed E-state index contributed by atoms with van der Waals surface area (Å²) in [5, 5.41) is 0. The van der Waals surface area contributed by atoms with Gasteiger partial charge in [0, 0.05) is 0 Å². The number of hydrogen-bond acceptors (Lipinski definition) is 0. The van der Waals surface area contributed by atoms with Crippen LogP contribution in [0.1, 0.15) is 32.6 Å². The Bertz CT molecular complexity index is 489. The Morgan fingerprint density at radius 1 is 0.714 bits per heavy atom. The molecule has 2 aromatic rings. The summed E-state index contributed by atoms with van der Waals surface area (Å²) in [5.41, 5.74) is 2.19. The van der Waals surface area contributed by atoms with E-state index >= 15 is 0 Å². The lowest BCUT2D eigenvalue weighted by molar-refractivity contribution is 0.628. The van der Waals surface area contributed by atoms with Crippen LogP contribution in [-0.2, 0) is 0 Å². The molecule has 0 unspecified atom stereocenters. The van der Waals surface area contributed by atoms with E-state index in [1.807, 2.05) is 24.3 Å². The summed E-state index contributed by atoms with van der Waals surface area (Å²) in [6.07, 6.45) is 5.79. The second kappa shape index (κ2) is 7.97. The van der Waals surface area contributed by atoms with Crippen LogP contribution < -0.4 is 10.9 Å². The summed E-state index contributed by atoms with van der Waals surface area (Å²) in [6.45, 7) is 2.40. The summed E-state index contributed by atoms with van der Waals surface area (Å²) in [4.78, 5) is 0. The second-order valence-corrected chi connectivity index (χ2v) is 5.51. The first-order valence-electron chi connectivity index (χ1n) is 7.71. The third-order valence-electron chi connectivity index (χ3n) is 3.89. The minimum absolute atomic E-state index is 0.211. The normalized spacial score (nSPS) is 10.6. The Morgan fingerprint density at radius 2 is 1.19 bits per heavy atom. The van der Waals surface area contributed by atoms with Gasteiger partial charge in [0.05, 0.1) is 0 Å². The van der Waals surface area contributed by atoms with Crippen LogP contribution in [0.3, 0.4) is 0 Å². The third-order valence-corrected chi connectivity index (χ3v) is 3.89. The van der Waals surface area contributed by atoms with Crippen molar-refractivity contribution in [3.05, 3.63) is 60.2 Å². The van der Waals surface area contributed by atoms with E-state index in [0.29, 0.717) is 0 Å². The van der Waals surface area contributed by atoms with E-state index in [1.165, 1.54) is 43.5 Å². The number of halogens is 2. The van der Waals surface area contributed by atoms with Gasteiger partial charge in [-0.05, 0) is 24.3 Å². The van der Waals surface area contributed by atoms with Crippen molar-refractivity contribution in [2.24, 2.45) is 0 Å². The zero-order chi connectivity index (χ0) is 15.1. The molecule has 110 valence electrons. The van der Waals surface area contributed by atoms with Gasteiger partial charge in [0.1, 0.15) is 11.6 Å². The van der Waals surface area contributed by atoms with Gasteiger partial charge < -0.3 is 0 Å². The summed E-state index contributed by atoms with van der Waals surface area (Å²) >= 11 is 0. The molecule has 0 aliphatic carbocycles. The van der Waals surface area contributed by atoms with Crippen molar-refractivity contribution in [3.8, 4) is 0 Å². The zero-order valence-electron chi connectivity index (χ0n) is 12.5. The molecule has 0 saturated carbocycles. The molecule has 0 atom stereocenters. The van der Waals surface area contributed by atoms with Crippen LogP contribution in [0.25, 0.3) is 0 Å². The van der Waals surface area contributed by atoms with E-state index in [9.17, 15) is 8.78 Å². The van der Waals surface area contributed by atoms with Crippen LogP contribution in [0.5, 0.6) is 0 Å². The molecule has 0 radical (unpaired) electrons. The van der Waals surface area contributed by atoms with Crippen molar-refractivity contribution in [1.82, 2.24) is 0 Å². The van der Waals surface area contributed by atoms with E-state index in [2.05, 4.69) is 6.92 Å². The highest BCUT2D eigenvalue weighted by molar-refractivity contribution is 6.85. The van der Waals surface area contributed by atoms with Gasteiger partial charge in [-0.3, -0.25) is 0 Å². The molecule has 2 rings (SSSR count). The molecule has 3 heteroatoms. The number of rotatable bonds is 7. The quantitative estimate of drug-likeness (QED) is 0.529. The number of hydrogen-bond donors (Lipinski definition) is 0. The zero-order valence-corrected chi connectivity index (χ0v) is 12.5. The van der Waals surface area contributed by atoms with Crippen molar-refractivity contribution in [1.29, 1.82) is 0 Å². The second-order valence-electron chi connectivity index (χ2n) is 5.51. The van der Waals surface area contributed by atoms with E-state index in [4.69, 9.17) is 0 Å². The fourth-order valence-corrected chi connectivity index (χ4v) is 2.69. The molecule has 0 heterocycles. The monoisotopic (exact) mass is 286 g/mol. The van der Waals surface area contributed by atoms with Crippen molar-refractivity contribution in [2.75, 3.05) is 0 Å². The molecule has 0 N–H and O–H groups in total. The minimum atomic E-state index is -0.220. The maximum absolute atomic E-state index is 13.1. The van der Waals surface area contributed by atoms with Crippen molar-refractivity contribution < 1.29 is 8.78 Å². The molecule has 0 saturated heterocycles. The Hall–Kier alpha value is -1.64. The summed E-state index contributed by atoms with van der Waals surface area (Å²) < 4.78 is 26.2. The summed E-state index contributed by atoms with van der Waals surface area (Å²) in [5.74, 6) is -0.440. The molecule has 0 aromatic heterocycles. The Balaban J connectivity index is 2.17. The standard InChI is InChI=1S/C18H21BF2/c1-2-3-4-5-14-19(15-6-10-17(20)11-7-15)16-8-12-18(21)13-9-16/h6-13H,2-5,14H2,1H3.